The van der Waals surface area contributed by atoms with Gasteiger partial charge in [-0.05, 0) is 24.6 Å². The summed E-state index contributed by atoms with van der Waals surface area (Å²) >= 11 is 0. The number of hydrogen-bond acceptors (Lipinski definition) is 2. The van der Waals surface area contributed by atoms with Gasteiger partial charge in [0.2, 0.25) is 0 Å². The Kier molecular flexibility index (Phi) is 2.48. The maximum absolute atomic E-state index is 4.75. The van der Waals surface area contributed by atoms with Crippen molar-refractivity contribution in [3.8, 4) is 11.3 Å². The molecule has 104 valence electrons. The molecule has 0 N–H and O–H groups in total. The van der Waals surface area contributed by atoms with Crippen LogP contribution < -0.4 is 4.57 Å². The molecule has 0 unspecified atom stereocenters. The van der Waals surface area contributed by atoms with Gasteiger partial charge < -0.3 is 4.57 Å². The van der Waals surface area contributed by atoms with Crippen molar-refractivity contribution in [2.24, 2.45) is 7.05 Å². The SMILES string of the molecule is Cc1cc(-c2cc3nc4n(c3cc2C)C=CC4)[n+](C)cn1. The van der Waals surface area contributed by atoms with Crippen LogP contribution in [0.3, 0.4) is 0 Å². The van der Waals surface area contributed by atoms with Gasteiger partial charge in [0.25, 0.3) is 6.33 Å². The number of benzene rings is 1. The fourth-order valence-corrected chi connectivity index (χ4v) is 2.99. The quantitative estimate of drug-likeness (QED) is 0.641. The summed E-state index contributed by atoms with van der Waals surface area (Å²) in [6.07, 6.45) is 7.05. The molecule has 0 radical (unpaired) electrons. The molecule has 0 amide bonds. The number of fused-ring (bicyclic) bond motifs is 3. The molecular formula is C17H17N4+. The van der Waals surface area contributed by atoms with Gasteiger partial charge in [-0.25, -0.2) is 9.55 Å². The van der Waals surface area contributed by atoms with Gasteiger partial charge in [-0.1, -0.05) is 11.1 Å². The summed E-state index contributed by atoms with van der Waals surface area (Å²) in [7, 11) is 2.03. The third-order valence-electron chi connectivity index (χ3n) is 4.10. The highest BCUT2D eigenvalue weighted by molar-refractivity contribution is 5.85. The van der Waals surface area contributed by atoms with Crippen molar-refractivity contribution in [1.29, 1.82) is 0 Å². The number of imidazole rings is 1. The van der Waals surface area contributed by atoms with Crippen LogP contribution in [0.5, 0.6) is 0 Å². The van der Waals surface area contributed by atoms with Crippen LogP contribution >= 0.6 is 0 Å². The summed E-state index contributed by atoms with van der Waals surface area (Å²) in [6.45, 7) is 4.18. The topological polar surface area (TPSA) is 34.6 Å². The van der Waals surface area contributed by atoms with Gasteiger partial charge >= 0.3 is 0 Å². The van der Waals surface area contributed by atoms with Crippen LogP contribution in [-0.4, -0.2) is 14.5 Å². The Hall–Kier alpha value is -2.49. The summed E-state index contributed by atoms with van der Waals surface area (Å²) in [5.41, 5.74) is 6.92. The second-order valence-corrected chi connectivity index (χ2v) is 5.67. The first-order valence-corrected chi connectivity index (χ1v) is 7.14. The first-order valence-electron chi connectivity index (χ1n) is 7.14. The first-order chi connectivity index (χ1) is 10.1. The largest absolute Gasteiger partial charge is 0.303 e. The molecule has 0 spiro atoms. The van der Waals surface area contributed by atoms with Crippen molar-refractivity contribution in [3.05, 3.63) is 47.7 Å². The van der Waals surface area contributed by atoms with Crippen molar-refractivity contribution in [2.75, 3.05) is 0 Å². The second kappa shape index (κ2) is 4.25. The lowest BCUT2D eigenvalue weighted by molar-refractivity contribution is -0.663. The molecular weight excluding hydrogens is 260 g/mol. The Morgan fingerprint density at radius 3 is 2.90 bits per heavy atom. The Morgan fingerprint density at radius 2 is 2.05 bits per heavy atom. The molecule has 0 aliphatic carbocycles. The third-order valence-corrected chi connectivity index (χ3v) is 4.10. The number of aryl methyl sites for hydroxylation is 3. The lowest BCUT2D eigenvalue weighted by atomic mass is 10.0. The number of rotatable bonds is 1. The molecule has 4 rings (SSSR count). The average Bonchev–Trinajstić information content (AvgIpc) is 3.02. The summed E-state index contributed by atoms with van der Waals surface area (Å²) in [4.78, 5) is 9.08. The van der Waals surface area contributed by atoms with E-state index in [4.69, 9.17) is 4.98 Å². The van der Waals surface area contributed by atoms with Crippen molar-refractivity contribution < 1.29 is 4.57 Å². The molecule has 0 fully saturated rings. The van der Waals surface area contributed by atoms with Gasteiger partial charge in [0.05, 0.1) is 18.1 Å². The smallest absolute Gasteiger partial charge is 0.286 e. The minimum atomic E-state index is 0.922. The molecule has 1 aliphatic heterocycles. The van der Waals surface area contributed by atoms with Gasteiger partial charge in [-0.15, -0.1) is 0 Å². The van der Waals surface area contributed by atoms with Gasteiger partial charge in [0.15, 0.2) is 5.69 Å². The minimum absolute atomic E-state index is 0.922. The summed E-state index contributed by atoms with van der Waals surface area (Å²) < 4.78 is 4.24. The van der Waals surface area contributed by atoms with Gasteiger partial charge in [-0.2, -0.15) is 0 Å². The molecule has 0 saturated carbocycles. The summed E-state index contributed by atoms with van der Waals surface area (Å²) in [6, 6.07) is 6.54. The number of aromatic nitrogens is 4. The molecule has 1 aromatic carbocycles. The van der Waals surface area contributed by atoms with Crippen molar-refractivity contribution >= 4 is 17.2 Å². The van der Waals surface area contributed by atoms with E-state index in [9.17, 15) is 0 Å². The van der Waals surface area contributed by atoms with Crippen molar-refractivity contribution in [2.45, 2.75) is 20.3 Å². The maximum atomic E-state index is 4.75. The standard InChI is InChI=1S/C17H17N4/c1-11-7-16-14(19-17-5-4-6-21(16)17)9-13(11)15-8-12(2)18-10-20(15)3/h4,6-10H,5H2,1-3H3/q+1. The predicted octanol–water partition coefficient (Wildman–Crippen LogP) is 2.57. The number of hydrogen-bond donors (Lipinski definition) is 0. The van der Waals surface area contributed by atoms with Crippen LogP contribution in [0, 0.1) is 13.8 Å². The summed E-state index contributed by atoms with van der Waals surface area (Å²) in [5.74, 6) is 1.12. The molecule has 3 heterocycles. The fourth-order valence-electron chi connectivity index (χ4n) is 2.99. The highest BCUT2D eigenvalue weighted by Crippen LogP contribution is 2.28. The van der Waals surface area contributed by atoms with Crippen LogP contribution in [0.1, 0.15) is 17.1 Å². The molecule has 0 bridgehead atoms. The van der Waals surface area contributed by atoms with Crippen molar-refractivity contribution in [3.63, 3.8) is 0 Å². The zero-order valence-electron chi connectivity index (χ0n) is 12.5. The van der Waals surface area contributed by atoms with Crippen LogP contribution in [-0.2, 0) is 13.5 Å². The van der Waals surface area contributed by atoms with E-state index in [-0.39, 0.29) is 0 Å². The summed E-state index contributed by atoms with van der Waals surface area (Å²) in [5, 5.41) is 0. The van der Waals surface area contributed by atoms with E-state index in [0.29, 0.717) is 0 Å². The minimum Gasteiger partial charge on any atom is -0.303 e. The fraction of sp³-hybridized carbons (Fsp3) is 0.235. The van der Waals surface area contributed by atoms with E-state index in [1.54, 1.807) is 0 Å². The normalized spacial score (nSPS) is 13.1. The zero-order valence-corrected chi connectivity index (χ0v) is 12.5. The first kappa shape index (κ1) is 12.3. The Labute approximate surface area is 123 Å². The van der Waals surface area contributed by atoms with E-state index in [1.807, 2.05) is 20.3 Å². The van der Waals surface area contributed by atoms with Crippen LogP contribution in [0.25, 0.3) is 28.5 Å². The van der Waals surface area contributed by atoms with E-state index in [2.05, 4.69) is 51.5 Å². The molecule has 1 aliphatic rings. The molecule has 4 heteroatoms. The zero-order chi connectivity index (χ0) is 14.6. The van der Waals surface area contributed by atoms with E-state index < -0.39 is 0 Å². The Bertz CT molecular complexity index is 903. The lowest BCUT2D eigenvalue weighted by Crippen LogP contribution is -2.31. The van der Waals surface area contributed by atoms with Crippen LogP contribution in [0.4, 0.5) is 0 Å². The molecule has 3 aromatic rings. The van der Waals surface area contributed by atoms with E-state index in [1.165, 1.54) is 22.3 Å². The molecule has 0 saturated heterocycles. The molecule has 4 nitrogen and oxygen atoms in total. The monoisotopic (exact) mass is 277 g/mol. The van der Waals surface area contributed by atoms with Crippen LogP contribution in [0.15, 0.2) is 30.6 Å². The van der Waals surface area contributed by atoms with E-state index in [0.717, 1.165) is 23.5 Å². The Balaban J connectivity index is 2.00. The van der Waals surface area contributed by atoms with Crippen molar-refractivity contribution in [1.82, 2.24) is 14.5 Å². The maximum Gasteiger partial charge on any atom is 0.286 e. The average molecular weight is 277 g/mol. The molecule has 2 aromatic heterocycles. The lowest BCUT2D eigenvalue weighted by Gasteiger charge is -2.07. The highest BCUT2D eigenvalue weighted by atomic mass is 15.1. The van der Waals surface area contributed by atoms with Gasteiger partial charge in [0.1, 0.15) is 11.5 Å². The predicted molar refractivity (Wildman–Crippen MR) is 82.6 cm³/mol. The second-order valence-electron chi connectivity index (χ2n) is 5.67. The van der Waals surface area contributed by atoms with Gasteiger partial charge in [-0.3, -0.25) is 0 Å². The Morgan fingerprint density at radius 1 is 1.19 bits per heavy atom. The molecule has 21 heavy (non-hydrogen) atoms. The number of nitrogens with zero attached hydrogens (tertiary/aromatic N) is 4. The molecule has 0 atom stereocenters. The number of allylic oxidation sites excluding steroid dienone is 1. The highest BCUT2D eigenvalue weighted by Gasteiger charge is 2.17. The van der Waals surface area contributed by atoms with Crippen LogP contribution in [0.2, 0.25) is 0 Å². The third kappa shape index (κ3) is 1.79. The van der Waals surface area contributed by atoms with E-state index >= 15 is 0 Å². The van der Waals surface area contributed by atoms with Gasteiger partial charge in [0, 0.05) is 31.2 Å².